The third-order valence-electron chi connectivity index (χ3n) is 5.24. The molecule has 3 aromatic rings. The standard InChI is InChI=1S/C25H26F3N3O3/c1-2-31(12-13-32)16-18-14-19(25(26,27)28)8-11-24(18)34-20-9-6-17(7-10-20)21-4-3-5-22(30-21)23(33)15-29/h3-11,14,32H,2,12-13,15-16,29H2,1H3. The van der Waals surface area contributed by atoms with E-state index in [4.69, 9.17) is 10.5 Å². The van der Waals surface area contributed by atoms with Crippen molar-refractivity contribution in [2.75, 3.05) is 26.2 Å². The molecule has 180 valence electrons. The van der Waals surface area contributed by atoms with E-state index in [1.54, 1.807) is 42.5 Å². The average molecular weight is 473 g/mol. The third kappa shape index (κ3) is 6.40. The first-order valence-corrected chi connectivity index (χ1v) is 10.8. The van der Waals surface area contributed by atoms with Crippen LogP contribution in [-0.4, -0.2) is 47.0 Å². The third-order valence-corrected chi connectivity index (χ3v) is 5.24. The van der Waals surface area contributed by atoms with Gasteiger partial charge in [-0.15, -0.1) is 0 Å². The van der Waals surface area contributed by atoms with E-state index in [2.05, 4.69) is 4.98 Å². The second kappa shape index (κ2) is 11.2. The molecule has 3 N–H and O–H groups in total. The van der Waals surface area contributed by atoms with Crippen molar-refractivity contribution in [1.29, 1.82) is 0 Å². The zero-order chi connectivity index (χ0) is 24.7. The summed E-state index contributed by atoms with van der Waals surface area (Å²) in [5, 5.41) is 9.23. The monoisotopic (exact) mass is 473 g/mol. The second-order valence-electron chi connectivity index (χ2n) is 7.57. The highest BCUT2D eigenvalue weighted by atomic mass is 19.4. The summed E-state index contributed by atoms with van der Waals surface area (Å²) in [7, 11) is 0. The van der Waals surface area contributed by atoms with Crippen LogP contribution in [0.3, 0.4) is 0 Å². The number of benzene rings is 2. The van der Waals surface area contributed by atoms with Gasteiger partial charge in [0, 0.05) is 24.2 Å². The lowest BCUT2D eigenvalue weighted by atomic mass is 10.1. The highest BCUT2D eigenvalue weighted by Gasteiger charge is 2.31. The first kappa shape index (κ1) is 25.4. The lowest BCUT2D eigenvalue weighted by Crippen LogP contribution is -2.26. The number of likely N-dealkylation sites (N-methyl/N-ethyl adjacent to an activating group) is 1. The van der Waals surface area contributed by atoms with Crippen LogP contribution in [0.2, 0.25) is 0 Å². The molecule has 1 aromatic heterocycles. The Morgan fingerprint density at radius 3 is 2.47 bits per heavy atom. The number of aromatic nitrogens is 1. The van der Waals surface area contributed by atoms with Gasteiger partial charge in [0.25, 0.3) is 0 Å². The summed E-state index contributed by atoms with van der Waals surface area (Å²) in [5.74, 6) is 0.467. The summed E-state index contributed by atoms with van der Waals surface area (Å²) in [6.45, 7) is 2.72. The average Bonchev–Trinajstić information content (AvgIpc) is 2.84. The van der Waals surface area contributed by atoms with Gasteiger partial charge in [-0.1, -0.05) is 13.0 Å². The fourth-order valence-corrected chi connectivity index (χ4v) is 3.39. The lowest BCUT2D eigenvalue weighted by Gasteiger charge is -2.22. The van der Waals surface area contributed by atoms with Gasteiger partial charge in [-0.05, 0) is 61.1 Å². The fraction of sp³-hybridized carbons (Fsp3) is 0.280. The van der Waals surface area contributed by atoms with E-state index in [0.29, 0.717) is 35.8 Å². The number of ether oxygens (including phenoxy) is 1. The van der Waals surface area contributed by atoms with E-state index in [0.717, 1.165) is 17.7 Å². The first-order valence-electron chi connectivity index (χ1n) is 10.8. The minimum atomic E-state index is -4.48. The molecule has 0 aliphatic rings. The largest absolute Gasteiger partial charge is 0.457 e. The molecule has 3 rings (SSSR count). The smallest absolute Gasteiger partial charge is 0.416 e. The van der Waals surface area contributed by atoms with Crippen LogP contribution in [0, 0.1) is 0 Å². The Morgan fingerprint density at radius 2 is 1.85 bits per heavy atom. The second-order valence-corrected chi connectivity index (χ2v) is 7.57. The molecule has 34 heavy (non-hydrogen) atoms. The molecular formula is C25H26F3N3O3. The van der Waals surface area contributed by atoms with E-state index in [9.17, 15) is 23.1 Å². The summed E-state index contributed by atoms with van der Waals surface area (Å²) in [4.78, 5) is 18.0. The van der Waals surface area contributed by atoms with E-state index in [1.807, 2.05) is 11.8 Å². The number of Topliss-reactive ketones (excluding diaryl/α,β-unsaturated/α-hetero) is 1. The Bertz CT molecular complexity index is 1120. The molecular weight excluding hydrogens is 447 g/mol. The molecule has 1 heterocycles. The maximum atomic E-state index is 13.3. The van der Waals surface area contributed by atoms with Gasteiger partial charge in [0.15, 0.2) is 5.78 Å². The molecule has 0 atom stereocenters. The Kier molecular flexibility index (Phi) is 8.38. The van der Waals surface area contributed by atoms with Crippen molar-refractivity contribution >= 4 is 5.78 Å². The van der Waals surface area contributed by atoms with Crippen LogP contribution in [0.4, 0.5) is 13.2 Å². The van der Waals surface area contributed by atoms with Crippen LogP contribution >= 0.6 is 0 Å². The van der Waals surface area contributed by atoms with Crippen LogP contribution in [0.1, 0.15) is 28.5 Å². The van der Waals surface area contributed by atoms with Gasteiger partial charge in [-0.25, -0.2) is 4.98 Å². The number of hydrogen-bond acceptors (Lipinski definition) is 6. The zero-order valence-electron chi connectivity index (χ0n) is 18.7. The molecule has 0 aliphatic heterocycles. The summed E-state index contributed by atoms with van der Waals surface area (Å²) >= 11 is 0. The number of ketones is 1. The molecule has 0 saturated heterocycles. The number of carbonyl (C=O) groups is 1. The van der Waals surface area contributed by atoms with Crippen LogP contribution in [-0.2, 0) is 12.7 Å². The number of rotatable bonds is 10. The van der Waals surface area contributed by atoms with Crippen molar-refractivity contribution in [2.45, 2.75) is 19.6 Å². The number of aliphatic hydroxyl groups excluding tert-OH is 1. The summed E-state index contributed by atoms with van der Waals surface area (Å²) in [5.41, 5.74) is 6.61. The predicted octanol–water partition coefficient (Wildman–Crippen LogP) is 4.52. The van der Waals surface area contributed by atoms with E-state index in [1.165, 1.54) is 6.07 Å². The van der Waals surface area contributed by atoms with Gasteiger partial charge < -0.3 is 15.6 Å². The minimum Gasteiger partial charge on any atom is -0.457 e. The van der Waals surface area contributed by atoms with Crippen molar-refractivity contribution in [2.24, 2.45) is 5.73 Å². The Labute approximate surface area is 195 Å². The number of aliphatic hydroxyl groups is 1. The Balaban J connectivity index is 1.86. The number of alkyl halides is 3. The Morgan fingerprint density at radius 1 is 1.12 bits per heavy atom. The van der Waals surface area contributed by atoms with Crippen LogP contribution < -0.4 is 10.5 Å². The van der Waals surface area contributed by atoms with Gasteiger partial charge >= 0.3 is 6.18 Å². The molecule has 2 aromatic carbocycles. The number of hydrogen-bond donors (Lipinski definition) is 2. The number of pyridine rings is 1. The topological polar surface area (TPSA) is 88.7 Å². The summed E-state index contributed by atoms with van der Waals surface area (Å²) in [6.07, 6.45) is -4.48. The van der Waals surface area contributed by atoms with Crippen molar-refractivity contribution in [3.05, 3.63) is 77.5 Å². The molecule has 0 bridgehead atoms. The van der Waals surface area contributed by atoms with Crippen LogP contribution in [0.15, 0.2) is 60.7 Å². The number of halogens is 3. The van der Waals surface area contributed by atoms with Gasteiger partial charge in [-0.3, -0.25) is 9.69 Å². The Hall–Kier alpha value is -3.27. The molecule has 0 spiro atoms. The number of nitrogens with two attached hydrogens (primary N) is 1. The maximum Gasteiger partial charge on any atom is 0.416 e. The van der Waals surface area contributed by atoms with E-state index >= 15 is 0 Å². The highest BCUT2D eigenvalue weighted by molar-refractivity contribution is 5.96. The van der Waals surface area contributed by atoms with Crippen molar-refractivity contribution in [3.8, 4) is 22.8 Å². The van der Waals surface area contributed by atoms with Crippen molar-refractivity contribution in [3.63, 3.8) is 0 Å². The normalized spacial score (nSPS) is 11.6. The van der Waals surface area contributed by atoms with Crippen LogP contribution in [0.25, 0.3) is 11.3 Å². The van der Waals surface area contributed by atoms with Gasteiger partial charge in [-0.2, -0.15) is 13.2 Å². The van der Waals surface area contributed by atoms with E-state index < -0.39 is 11.7 Å². The van der Waals surface area contributed by atoms with Gasteiger partial charge in [0.05, 0.1) is 24.4 Å². The highest BCUT2D eigenvalue weighted by Crippen LogP contribution is 2.35. The number of nitrogens with zero attached hydrogens (tertiary/aromatic N) is 2. The summed E-state index contributed by atoms with van der Waals surface area (Å²) in [6, 6.07) is 15.3. The predicted molar refractivity (Wildman–Crippen MR) is 123 cm³/mol. The molecule has 9 heteroatoms. The molecule has 0 saturated carbocycles. The van der Waals surface area contributed by atoms with Crippen LogP contribution in [0.5, 0.6) is 11.5 Å². The van der Waals surface area contributed by atoms with Gasteiger partial charge in [0.1, 0.15) is 17.2 Å². The zero-order valence-corrected chi connectivity index (χ0v) is 18.7. The molecule has 0 aliphatic carbocycles. The molecule has 0 radical (unpaired) electrons. The summed E-state index contributed by atoms with van der Waals surface area (Å²) < 4.78 is 45.7. The molecule has 0 fully saturated rings. The fourth-order valence-electron chi connectivity index (χ4n) is 3.39. The molecule has 0 unspecified atom stereocenters. The maximum absolute atomic E-state index is 13.3. The minimum absolute atomic E-state index is 0.101. The lowest BCUT2D eigenvalue weighted by molar-refractivity contribution is -0.137. The molecule has 6 nitrogen and oxygen atoms in total. The van der Waals surface area contributed by atoms with Crippen molar-refractivity contribution < 1.29 is 27.8 Å². The SMILES string of the molecule is CCN(CCO)Cc1cc(C(F)(F)F)ccc1Oc1ccc(-c2cccc(C(=O)CN)n2)cc1. The first-order chi connectivity index (χ1) is 16.2. The quantitative estimate of drug-likeness (QED) is 0.421. The number of carbonyl (C=O) groups excluding carboxylic acids is 1. The van der Waals surface area contributed by atoms with E-state index in [-0.39, 0.29) is 31.2 Å². The van der Waals surface area contributed by atoms with Crippen molar-refractivity contribution in [1.82, 2.24) is 9.88 Å². The van der Waals surface area contributed by atoms with Gasteiger partial charge in [0.2, 0.25) is 0 Å². The molecule has 0 amide bonds.